The molecule has 0 aromatic carbocycles. The van der Waals surface area contributed by atoms with Crippen molar-refractivity contribution < 1.29 is 19.0 Å². The Bertz CT molecular complexity index is 1320. The fourth-order valence-corrected chi connectivity index (χ4v) is 3.61. The summed E-state index contributed by atoms with van der Waals surface area (Å²) < 4.78 is 17.8. The number of unbranched alkanes of at least 4 members (excludes halogenated alkanes) is 1. The van der Waals surface area contributed by atoms with Gasteiger partial charge >= 0.3 is 12.0 Å². The van der Waals surface area contributed by atoms with Gasteiger partial charge in [-0.2, -0.15) is 15.0 Å². The lowest BCUT2D eigenvalue weighted by atomic mass is 10.1. The zero-order chi connectivity index (χ0) is 25.5. The molecule has 0 saturated carbocycles. The highest BCUT2D eigenvalue weighted by Gasteiger charge is 2.19. The summed E-state index contributed by atoms with van der Waals surface area (Å²) in [6, 6.07) is 8.17. The fourth-order valence-electron chi connectivity index (χ4n) is 3.61. The Balaban J connectivity index is 1.55. The summed E-state index contributed by atoms with van der Waals surface area (Å²) in [4.78, 5) is 33.9. The quantitative estimate of drug-likeness (QED) is 0.247. The fraction of sp³-hybridized carbons (Fsp3) is 0.360. The van der Waals surface area contributed by atoms with Crippen LogP contribution in [0, 0.1) is 0 Å². The molecule has 4 aromatic rings. The van der Waals surface area contributed by atoms with Crippen molar-refractivity contribution in [1.82, 2.24) is 29.5 Å². The zero-order valence-electron chi connectivity index (χ0n) is 20.8. The molecule has 0 saturated heterocycles. The van der Waals surface area contributed by atoms with E-state index in [9.17, 15) is 4.79 Å². The van der Waals surface area contributed by atoms with E-state index in [1.165, 1.54) is 7.11 Å². The maximum absolute atomic E-state index is 11.6. The van der Waals surface area contributed by atoms with Gasteiger partial charge in [0.2, 0.25) is 0 Å². The van der Waals surface area contributed by atoms with Crippen LogP contribution in [0.15, 0.2) is 36.7 Å². The minimum atomic E-state index is -0.460. The molecule has 188 valence electrons. The van der Waals surface area contributed by atoms with Gasteiger partial charge in [0.25, 0.3) is 6.01 Å². The molecule has 36 heavy (non-hydrogen) atoms. The van der Waals surface area contributed by atoms with Crippen LogP contribution < -0.4 is 14.8 Å². The lowest BCUT2D eigenvalue weighted by molar-refractivity contribution is 0.0594. The Kier molecular flexibility index (Phi) is 7.89. The second-order valence-corrected chi connectivity index (χ2v) is 8.04. The van der Waals surface area contributed by atoms with Crippen molar-refractivity contribution in [3.63, 3.8) is 0 Å². The zero-order valence-corrected chi connectivity index (χ0v) is 20.8. The second-order valence-electron chi connectivity index (χ2n) is 8.04. The molecule has 1 N–H and O–H groups in total. The van der Waals surface area contributed by atoms with E-state index in [2.05, 4.69) is 41.9 Å². The first kappa shape index (κ1) is 24.8. The number of aromatic nitrogens is 6. The molecule has 0 fully saturated rings. The average Bonchev–Trinajstić information content (AvgIpc) is 3.26. The third-order valence-corrected chi connectivity index (χ3v) is 5.52. The highest BCUT2D eigenvalue weighted by molar-refractivity contribution is 5.87. The Morgan fingerprint density at radius 3 is 2.47 bits per heavy atom. The van der Waals surface area contributed by atoms with Gasteiger partial charge in [0.05, 0.1) is 27.4 Å². The molecule has 0 unspecified atom stereocenters. The number of nitrogens with zero attached hydrogens (tertiary/aromatic N) is 6. The molecule has 0 aliphatic heterocycles. The minimum Gasteiger partial charge on any atom is -0.468 e. The molecule has 0 aliphatic rings. The number of nitrogens with one attached hydrogen (secondary N) is 1. The lowest BCUT2D eigenvalue weighted by Crippen LogP contribution is -2.07. The monoisotopic (exact) mass is 491 g/mol. The largest absolute Gasteiger partial charge is 0.468 e. The van der Waals surface area contributed by atoms with Crippen molar-refractivity contribution in [2.75, 3.05) is 33.2 Å². The van der Waals surface area contributed by atoms with Gasteiger partial charge in [0, 0.05) is 31.6 Å². The van der Waals surface area contributed by atoms with E-state index in [1.807, 2.05) is 29.0 Å². The number of methoxy groups -OCH3 is 2. The molecular weight excluding hydrogens is 462 g/mol. The van der Waals surface area contributed by atoms with Crippen LogP contribution in [0.1, 0.15) is 47.1 Å². The van der Waals surface area contributed by atoms with Crippen LogP contribution in [0.3, 0.4) is 0 Å². The minimum absolute atomic E-state index is 0.273. The van der Waals surface area contributed by atoms with Crippen molar-refractivity contribution in [3.05, 3.63) is 59.2 Å². The molecule has 4 rings (SSSR count). The molecule has 11 heteroatoms. The number of hydrogen-bond donors (Lipinski definition) is 1. The second kappa shape index (κ2) is 11.4. The molecule has 0 atom stereocenters. The van der Waals surface area contributed by atoms with Gasteiger partial charge in [-0.25, -0.2) is 9.78 Å². The van der Waals surface area contributed by atoms with Gasteiger partial charge in [-0.3, -0.25) is 9.55 Å². The standard InChI is InChI=1S/C25H29N7O4/c1-5-6-11-36-24-30-21(26-2)20-22(31-24)32(25(29-20)35-4)15-17-7-9-18(27-14-17)12-16-8-10-19(28-13-16)23(33)34-3/h7-10,13-14H,5-6,11-12,15H2,1-4H3,(H,26,30,31). The Morgan fingerprint density at radius 2 is 1.83 bits per heavy atom. The van der Waals surface area contributed by atoms with Crippen molar-refractivity contribution >= 4 is 23.0 Å². The third kappa shape index (κ3) is 5.51. The van der Waals surface area contributed by atoms with Gasteiger partial charge in [-0.1, -0.05) is 25.5 Å². The van der Waals surface area contributed by atoms with Crippen molar-refractivity contribution in [3.8, 4) is 12.0 Å². The van der Waals surface area contributed by atoms with E-state index in [1.54, 1.807) is 26.4 Å². The molecule has 0 aliphatic carbocycles. The first-order valence-electron chi connectivity index (χ1n) is 11.7. The van der Waals surface area contributed by atoms with E-state index in [-0.39, 0.29) is 5.69 Å². The molecular formula is C25H29N7O4. The van der Waals surface area contributed by atoms with E-state index < -0.39 is 5.97 Å². The van der Waals surface area contributed by atoms with E-state index in [0.717, 1.165) is 29.7 Å². The topological polar surface area (TPSA) is 126 Å². The molecule has 0 radical (unpaired) electrons. The normalized spacial score (nSPS) is 10.9. The van der Waals surface area contributed by atoms with Crippen LogP contribution in [0.5, 0.6) is 12.0 Å². The maximum Gasteiger partial charge on any atom is 0.356 e. The van der Waals surface area contributed by atoms with Crippen LogP contribution >= 0.6 is 0 Å². The summed E-state index contributed by atoms with van der Waals surface area (Å²) in [5, 5.41) is 3.07. The van der Waals surface area contributed by atoms with Gasteiger partial charge in [-0.15, -0.1) is 0 Å². The van der Waals surface area contributed by atoms with Gasteiger partial charge in [0.1, 0.15) is 5.69 Å². The van der Waals surface area contributed by atoms with Crippen molar-refractivity contribution in [2.24, 2.45) is 0 Å². The summed E-state index contributed by atoms with van der Waals surface area (Å²) in [5.74, 6) is 0.113. The number of esters is 1. The summed E-state index contributed by atoms with van der Waals surface area (Å²) in [6.45, 7) is 3.10. The Morgan fingerprint density at radius 1 is 1.03 bits per heavy atom. The summed E-state index contributed by atoms with van der Waals surface area (Å²) in [5.41, 5.74) is 4.25. The van der Waals surface area contributed by atoms with Crippen LogP contribution in [0.25, 0.3) is 11.2 Å². The predicted molar refractivity (Wildman–Crippen MR) is 134 cm³/mol. The lowest BCUT2D eigenvalue weighted by Gasteiger charge is -2.10. The van der Waals surface area contributed by atoms with E-state index in [4.69, 9.17) is 9.47 Å². The Hall–Kier alpha value is -4.28. The number of rotatable bonds is 11. The van der Waals surface area contributed by atoms with Crippen molar-refractivity contribution in [2.45, 2.75) is 32.7 Å². The SMILES string of the molecule is CCCCOc1nc(NC)c2nc(OC)n(Cc3ccc(Cc4ccc(C(=O)OC)nc4)nc3)c2n1. The summed E-state index contributed by atoms with van der Waals surface area (Å²) >= 11 is 0. The number of carbonyl (C=O) groups excluding carboxylic acids is 1. The number of pyridine rings is 2. The summed E-state index contributed by atoms with van der Waals surface area (Å²) in [7, 11) is 4.69. The highest BCUT2D eigenvalue weighted by Crippen LogP contribution is 2.27. The average molecular weight is 492 g/mol. The molecule has 0 amide bonds. The van der Waals surface area contributed by atoms with Crippen LogP contribution in [0.4, 0.5) is 5.82 Å². The van der Waals surface area contributed by atoms with Gasteiger partial charge < -0.3 is 19.5 Å². The molecule has 11 nitrogen and oxygen atoms in total. The Labute approximate surface area is 208 Å². The third-order valence-electron chi connectivity index (χ3n) is 5.52. The molecule has 0 spiro atoms. The van der Waals surface area contributed by atoms with Crippen LogP contribution in [-0.4, -0.2) is 63.3 Å². The summed E-state index contributed by atoms with van der Waals surface area (Å²) in [6.07, 6.45) is 6.00. The number of fused-ring (bicyclic) bond motifs is 1. The number of anilines is 1. The highest BCUT2D eigenvalue weighted by atomic mass is 16.5. The van der Waals surface area contributed by atoms with Gasteiger partial charge in [-0.05, 0) is 29.7 Å². The van der Waals surface area contributed by atoms with Gasteiger partial charge in [0.15, 0.2) is 17.0 Å². The van der Waals surface area contributed by atoms with E-state index in [0.29, 0.717) is 48.6 Å². The van der Waals surface area contributed by atoms with Crippen molar-refractivity contribution in [1.29, 1.82) is 0 Å². The van der Waals surface area contributed by atoms with E-state index >= 15 is 0 Å². The number of carbonyl (C=O) groups is 1. The number of imidazole rings is 1. The maximum atomic E-state index is 11.6. The smallest absolute Gasteiger partial charge is 0.356 e. The number of hydrogen-bond acceptors (Lipinski definition) is 10. The molecule has 0 bridgehead atoms. The van der Waals surface area contributed by atoms with Crippen LogP contribution in [-0.2, 0) is 17.7 Å². The molecule has 4 aromatic heterocycles. The molecule has 4 heterocycles. The first-order valence-corrected chi connectivity index (χ1v) is 11.7. The van der Waals surface area contributed by atoms with Crippen LogP contribution in [0.2, 0.25) is 0 Å². The number of ether oxygens (including phenoxy) is 3. The first-order chi connectivity index (χ1) is 17.6. The predicted octanol–water partition coefficient (Wildman–Crippen LogP) is 3.27.